The summed E-state index contributed by atoms with van der Waals surface area (Å²) in [6, 6.07) is 0. The lowest BCUT2D eigenvalue weighted by molar-refractivity contribution is -0.120. The minimum Gasteiger partial charge on any atom is -0.176 e. The van der Waals surface area contributed by atoms with Crippen LogP contribution in [0.4, 0.5) is 0 Å². The fourth-order valence-electron chi connectivity index (χ4n) is 13.2. The van der Waals surface area contributed by atoms with Gasteiger partial charge in [0.25, 0.3) is 0 Å². The first-order valence-corrected chi connectivity index (χ1v) is 18.5. The second-order valence-electron chi connectivity index (χ2n) is 16.0. The van der Waals surface area contributed by atoms with Crippen molar-refractivity contribution in [3.05, 3.63) is 0 Å². The van der Waals surface area contributed by atoms with Crippen LogP contribution in [0.2, 0.25) is 0 Å². The van der Waals surface area contributed by atoms with Crippen LogP contribution in [0.3, 0.4) is 0 Å². The Morgan fingerprint density at radius 2 is 0.757 bits per heavy atom. The normalized spacial score (nSPS) is 51.5. The van der Waals surface area contributed by atoms with E-state index in [1.54, 1.807) is 122 Å². The quantitative estimate of drug-likeness (QED) is 0.349. The van der Waals surface area contributed by atoms with Crippen LogP contribution in [0, 0.1) is 71.0 Å². The molecule has 0 spiro atoms. The van der Waals surface area contributed by atoms with Gasteiger partial charge in [0.1, 0.15) is 0 Å². The SMILES string of the molecule is SC1CCC2C(C1)C(C1CCC3CCCCC3C1)C1CCCCC1C2C1CCCC(C2CCCCC2)C1. The van der Waals surface area contributed by atoms with Gasteiger partial charge in [0.05, 0.1) is 0 Å². The van der Waals surface area contributed by atoms with Gasteiger partial charge in [-0.25, -0.2) is 0 Å². The van der Waals surface area contributed by atoms with Crippen molar-refractivity contribution in [2.75, 3.05) is 0 Å². The molecule has 7 saturated carbocycles. The van der Waals surface area contributed by atoms with Crippen LogP contribution in [0.25, 0.3) is 0 Å². The van der Waals surface area contributed by atoms with E-state index in [1.807, 2.05) is 0 Å². The Kier molecular flexibility index (Phi) is 8.29. The predicted octanol–water partition coefficient (Wildman–Crippen LogP) is 10.7. The van der Waals surface area contributed by atoms with Gasteiger partial charge in [-0.3, -0.25) is 0 Å². The van der Waals surface area contributed by atoms with Gasteiger partial charge in [0.2, 0.25) is 0 Å². The van der Waals surface area contributed by atoms with E-state index < -0.39 is 0 Å². The first-order valence-electron chi connectivity index (χ1n) is 17.9. The molecule has 0 bridgehead atoms. The van der Waals surface area contributed by atoms with E-state index in [1.165, 1.54) is 25.7 Å². The van der Waals surface area contributed by atoms with Gasteiger partial charge in [-0.15, -0.1) is 0 Å². The maximum atomic E-state index is 5.22. The van der Waals surface area contributed by atoms with E-state index in [2.05, 4.69) is 0 Å². The van der Waals surface area contributed by atoms with Crippen LogP contribution in [0.15, 0.2) is 0 Å². The van der Waals surface area contributed by atoms with Crippen LogP contribution in [0.1, 0.15) is 148 Å². The minimum absolute atomic E-state index is 0.705. The molecule has 1 heteroatoms. The van der Waals surface area contributed by atoms with E-state index in [-0.39, 0.29) is 0 Å². The van der Waals surface area contributed by atoms with Crippen molar-refractivity contribution in [1.82, 2.24) is 0 Å². The maximum absolute atomic E-state index is 5.22. The van der Waals surface area contributed by atoms with Gasteiger partial charge in [-0.05, 0) is 129 Å². The molecule has 7 fully saturated rings. The molecule has 0 N–H and O–H groups in total. The Morgan fingerprint density at radius 1 is 0.297 bits per heavy atom. The Morgan fingerprint density at radius 3 is 1.49 bits per heavy atom. The molecular formula is C36H60S. The Hall–Kier alpha value is 0.350. The van der Waals surface area contributed by atoms with Crippen molar-refractivity contribution in [3.8, 4) is 0 Å². The van der Waals surface area contributed by atoms with Crippen LogP contribution in [0.5, 0.6) is 0 Å². The van der Waals surface area contributed by atoms with E-state index >= 15 is 0 Å². The molecule has 0 aromatic carbocycles. The average molecular weight is 525 g/mol. The summed E-state index contributed by atoms with van der Waals surface area (Å²) in [6.07, 6.45) is 36.0. The summed E-state index contributed by atoms with van der Waals surface area (Å²) in [5, 5.41) is 0.705. The van der Waals surface area contributed by atoms with Crippen LogP contribution in [-0.4, -0.2) is 5.25 Å². The molecule has 0 aliphatic heterocycles. The third-order valence-electron chi connectivity index (χ3n) is 14.5. The zero-order valence-electron chi connectivity index (χ0n) is 24.2. The molecular weight excluding hydrogens is 464 g/mol. The van der Waals surface area contributed by atoms with E-state index in [0.29, 0.717) is 5.25 Å². The molecule has 0 saturated heterocycles. The van der Waals surface area contributed by atoms with Gasteiger partial charge < -0.3 is 0 Å². The summed E-state index contributed by atoms with van der Waals surface area (Å²) < 4.78 is 0. The first-order chi connectivity index (χ1) is 18.3. The molecule has 0 aromatic heterocycles. The largest absolute Gasteiger partial charge is 0.176 e. The lowest BCUT2D eigenvalue weighted by Gasteiger charge is -2.61. The van der Waals surface area contributed by atoms with Crippen LogP contribution >= 0.6 is 12.6 Å². The number of fused-ring (bicyclic) bond motifs is 3. The van der Waals surface area contributed by atoms with Gasteiger partial charge in [-0.1, -0.05) is 89.9 Å². The van der Waals surface area contributed by atoms with E-state index in [0.717, 1.165) is 71.0 Å². The topological polar surface area (TPSA) is 0 Å². The highest BCUT2D eigenvalue weighted by molar-refractivity contribution is 7.80. The Labute approximate surface area is 236 Å². The highest BCUT2D eigenvalue weighted by atomic mass is 32.1. The van der Waals surface area contributed by atoms with Gasteiger partial charge in [-0.2, -0.15) is 12.6 Å². The molecule has 0 radical (unpaired) electrons. The zero-order valence-corrected chi connectivity index (χ0v) is 25.1. The number of hydrogen-bond donors (Lipinski definition) is 1. The second-order valence-corrected chi connectivity index (χ2v) is 16.8. The molecule has 0 heterocycles. The van der Waals surface area contributed by atoms with E-state index in [9.17, 15) is 0 Å². The molecule has 37 heavy (non-hydrogen) atoms. The summed E-state index contributed by atoms with van der Waals surface area (Å²) in [5.74, 6) is 13.1. The Balaban J connectivity index is 1.15. The fourth-order valence-corrected chi connectivity index (χ4v) is 13.6. The lowest BCUT2D eigenvalue weighted by atomic mass is 9.44. The summed E-state index contributed by atoms with van der Waals surface area (Å²) in [6.45, 7) is 0. The smallest absolute Gasteiger partial charge is 0.00197 e. The monoisotopic (exact) mass is 524 g/mol. The summed E-state index contributed by atoms with van der Waals surface area (Å²) in [4.78, 5) is 0. The van der Waals surface area contributed by atoms with Crippen LogP contribution in [-0.2, 0) is 0 Å². The minimum atomic E-state index is 0.705. The fraction of sp³-hybridized carbons (Fsp3) is 1.00. The van der Waals surface area contributed by atoms with Crippen molar-refractivity contribution in [1.29, 1.82) is 0 Å². The molecule has 210 valence electrons. The number of rotatable bonds is 3. The number of thiol groups is 1. The highest BCUT2D eigenvalue weighted by Crippen LogP contribution is 2.63. The lowest BCUT2D eigenvalue weighted by Crippen LogP contribution is -2.55. The second kappa shape index (κ2) is 11.7. The van der Waals surface area contributed by atoms with E-state index in [4.69, 9.17) is 12.6 Å². The van der Waals surface area contributed by atoms with Crippen molar-refractivity contribution < 1.29 is 0 Å². The molecule has 0 nitrogen and oxygen atoms in total. The summed E-state index contributed by atoms with van der Waals surface area (Å²) in [5.41, 5.74) is 0. The third kappa shape index (κ3) is 5.25. The predicted molar refractivity (Wildman–Crippen MR) is 161 cm³/mol. The summed E-state index contributed by atoms with van der Waals surface area (Å²) in [7, 11) is 0. The number of hydrogen-bond acceptors (Lipinski definition) is 1. The molecule has 0 aromatic rings. The van der Waals surface area contributed by atoms with Gasteiger partial charge in [0, 0.05) is 5.25 Å². The first kappa shape index (κ1) is 26.3. The molecule has 7 aliphatic carbocycles. The standard InChI is InChI=1S/C36H60S/c37-30-19-20-33-34(23-30)36(29-18-17-25-11-4-5-12-26(25)22-29)32-16-7-6-15-31(32)35(33)28-14-8-13-27(21-28)24-9-2-1-3-10-24/h24-37H,1-23H2. The molecule has 12 atom stereocenters. The molecule has 7 rings (SSSR count). The van der Waals surface area contributed by atoms with Crippen molar-refractivity contribution in [2.24, 2.45) is 71.0 Å². The summed E-state index contributed by atoms with van der Waals surface area (Å²) >= 11 is 5.22. The zero-order chi connectivity index (χ0) is 24.8. The Bertz CT molecular complexity index is 739. The third-order valence-corrected chi connectivity index (χ3v) is 15.0. The van der Waals surface area contributed by atoms with Crippen molar-refractivity contribution in [3.63, 3.8) is 0 Å². The average Bonchev–Trinajstić information content (AvgIpc) is 2.96. The van der Waals surface area contributed by atoms with Crippen molar-refractivity contribution in [2.45, 2.75) is 153 Å². The molecule has 7 aliphatic rings. The molecule has 0 amide bonds. The van der Waals surface area contributed by atoms with Gasteiger partial charge in [0.15, 0.2) is 0 Å². The highest BCUT2D eigenvalue weighted by Gasteiger charge is 2.56. The van der Waals surface area contributed by atoms with Gasteiger partial charge >= 0.3 is 0 Å². The van der Waals surface area contributed by atoms with Crippen LogP contribution < -0.4 is 0 Å². The molecule has 12 unspecified atom stereocenters. The maximum Gasteiger partial charge on any atom is 0.00197 e. The van der Waals surface area contributed by atoms with Crippen molar-refractivity contribution >= 4 is 12.6 Å².